The molecule has 2 aliphatic rings. The molecule has 2 aliphatic heterocycles. The summed E-state index contributed by atoms with van der Waals surface area (Å²) in [6, 6.07) is 20.4. The molecule has 2 atom stereocenters. The molecule has 2 aromatic rings. The van der Waals surface area contributed by atoms with Crippen molar-refractivity contribution in [2.75, 3.05) is 11.4 Å². The molecule has 0 aliphatic carbocycles. The number of nitrogens with zero attached hydrogens (tertiary/aromatic N) is 2. The molecule has 2 fully saturated rings. The first kappa shape index (κ1) is 12.6. The lowest BCUT2D eigenvalue weighted by atomic mass is 10.1. The fourth-order valence-electron chi connectivity index (χ4n) is 3.60. The highest BCUT2D eigenvalue weighted by Crippen LogP contribution is 2.42. The van der Waals surface area contributed by atoms with E-state index in [9.17, 15) is 4.79 Å². The molecule has 106 valence electrons. The van der Waals surface area contributed by atoms with Gasteiger partial charge in [0.1, 0.15) is 6.17 Å². The van der Waals surface area contributed by atoms with E-state index >= 15 is 0 Å². The second kappa shape index (κ2) is 5.01. The maximum atomic E-state index is 12.9. The molecular weight excluding hydrogens is 260 g/mol. The molecule has 2 heterocycles. The molecule has 0 radical (unpaired) electrons. The van der Waals surface area contributed by atoms with E-state index < -0.39 is 0 Å². The van der Waals surface area contributed by atoms with Crippen LogP contribution in [0.1, 0.15) is 24.6 Å². The Morgan fingerprint density at radius 1 is 0.905 bits per heavy atom. The van der Waals surface area contributed by atoms with Gasteiger partial charge in [-0.1, -0.05) is 48.5 Å². The van der Waals surface area contributed by atoms with Crippen molar-refractivity contribution in [1.82, 2.24) is 4.90 Å². The molecule has 0 spiro atoms. The quantitative estimate of drug-likeness (QED) is 0.842. The van der Waals surface area contributed by atoms with Crippen LogP contribution in [0.15, 0.2) is 60.7 Å². The standard InChI is InChI=1S/C18H18N2O/c21-18-16-12-7-13-19(16)17(14-8-3-1-4-9-14)20(18)15-10-5-2-6-11-15/h1-6,8-11,16-17H,7,12-13H2/t16-,17+/m0/s1. The Morgan fingerprint density at radius 2 is 1.57 bits per heavy atom. The predicted octanol–water partition coefficient (Wildman–Crippen LogP) is 3.20. The number of benzene rings is 2. The van der Waals surface area contributed by atoms with Crippen molar-refractivity contribution in [1.29, 1.82) is 0 Å². The van der Waals surface area contributed by atoms with Crippen LogP contribution >= 0.6 is 0 Å². The predicted molar refractivity (Wildman–Crippen MR) is 82.8 cm³/mol. The molecule has 0 unspecified atom stereocenters. The summed E-state index contributed by atoms with van der Waals surface area (Å²) in [5.74, 6) is 0.243. The summed E-state index contributed by atoms with van der Waals surface area (Å²) in [4.78, 5) is 17.2. The minimum Gasteiger partial charge on any atom is -0.291 e. The summed E-state index contributed by atoms with van der Waals surface area (Å²) >= 11 is 0. The topological polar surface area (TPSA) is 23.6 Å². The Hall–Kier alpha value is -2.13. The monoisotopic (exact) mass is 278 g/mol. The molecule has 3 nitrogen and oxygen atoms in total. The summed E-state index contributed by atoms with van der Waals surface area (Å²) in [5, 5.41) is 0. The van der Waals surface area contributed by atoms with Gasteiger partial charge in [-0.2, -0.15) is 0 Å². The highest BCUT2D eigenvalue weighted by molar-refractivity contribution is 6.00. The molecule has 2 saturated heterocycles. The number of hydrogen-bond donors (Lipinski definition) is 0. The van der Waals surface area contributed by atoms with E-state index in [4.69, 9.17) is 0 Å². The lowest BCUT2D eigenvalue weighted by Gasteiger charge is -2.29. The molecule has 0 saturated carbocycles. The smallest absolute Gasteiger partial charge is 0.246 e. The zero-order chi connectivity index (χ0) is 14.2. The van der Waals surface area contributed by atoms with Crippen molar-refractivity contribution in [2.24, 2.45) is 0 Å². The number of carbonyl (C=O) groups is 1. The van der Waals surface area contributed by atoms with Crippen LogP contribution < -0.4 is 4.90 Å². The number of anilines is 1. The third-order valence-corrected chi connectivity index (χ3v) is 4.51. The number of amides is 1. The minimum absolute atomic E-state index is 0.0357. The molecule has 21 heavy (non-hydrogen) atoms. The van der Waals surface area contributed by atoms with Crippen LogP contribution in [0.25, 0.3) is 0 Å². The van der Waals surface area contributed by atoms with Crippen molar-refractivity contribution in [3.05, 3.63) is 66.2 Å². The minimum atomic E-state index is 0.0357. The van der Waals surface area contributed by atoms with E-state index in [1.165, 1.54) is 5.56 Å². The SMILES string of the molecule is O=C1[C@@H]2CCCN2[C@@H](c2ccccc2)N1c1ccccc1. The Labute approximate surface area is 124 Å². The first-order chi connectivity index (χ1) is 10.4. The molecule has 0 N–H and O–H groups in total. The maximum absolute atomic E-state index is 12.9. The van der Waals surface area contributed by atoms with E-state index in [1.807, 2.05) is 53.4 Å². The van der Waals surface area contributed by atoms with Gasteiger partial charge in [0.2, 0.25) is 5.91 Å². The fourth-order valence-corrected chi connectivity index (χ4v) is 3.60. The normalized spacial score (nSPS) is 25.3. The van der Waals surface area contributed by atoms with Gasteiger partial charge in [0.25, 0.3) is 0 Å². The molecule has 0 bridgehead atoms. The van der Waals surface area contributed by atoms with Gasteiger partial charge in [-0.15, -0.1) is 0 Å². The van der Waals surface area contributed by atoms with Crippen LogP contribution in [0.2, 0.25) is 0 Å². The van der Waals surface area contributed by atoms with Crippen LogP contribution in [0.4, 0.5) is 5.69 Å². The van der Waals surface area contributed by atoms with E-state index in [0.717, 1.165) is 25.1 Å². The summed E-state index contributed by atoms with van der Waals surface area (Å²) < 4.78 is 0. The average molecular weight is 278 g/mol. The van der Waals surface area contributed by atoms with Gasteiger partial charge in [-0.3, -0.25) is 14.6 Å². The van der Waals surface area contributed by atoms with Crippen LogP contribution in [0.5, 0.6) is 0 Å². The van der Waals surface area contributed by atoms with E-state index in [0.29, 0.717) is 0 Å². The van der Waals surface area contributed by atoms with Crippen molar-refractivity contribution >= 4 is 11.6 Å². The van der Waals surface area contributed by atoms with Crippen LogP contribution in [-0.4, -0.2) is 23.4 Å². The van der Waals surface area contributed by atoms with E-state index in [2.05, 4.69) is 17.0 Å². The Balaban J connectivity index is 1.81. The fraction of sp³-hybridized carbons (Fsp3) is 0.278. The third-order valence-electron chi connectivity index (χ3n) is 4.51. The van der Waals surface area contributed by atoms with E-state index in [-0.39, 0.29) is 18.1 Å². The molecule has 1 amide bonds. The molecular formula is C18H18N2O. The summed E-state index contributed by atoms with van der Waals surface area (Å²) in [7, 11) is 0. The average Bonchev–Trinajstić information content (AvgIpc) is 3.11. The van der Waals surface area contributed by atoms with Crippen molar-refractivity contribution in [3.8, 4) is 0 Å². The molecule has 4 rings (SSSR count). The lowest BCUT2D eigenvalue weighted by Crippen LogP contribution is -2.32. The van der Waals surface area contributed by atoms with Crippen molar-refractivity contribution in [2.45, 2.75) is 25.0 Å². The number of rotatable bonds is 2. The van der Waals surface area contributed by atoms with Gasteiger partial charge in [0.05, 0.1) is 6.04 Å². The maximum Gasteiger partial charge on any atom is 0.246 e. The van der Waals surface area contributed by atoms with Gasteiger partial charge in [0.15, 0.2) is 0 Å². The van der Waals surface area contributed by atoms with Gasteiger partial charge in [0, 0.05) is 12.2 Å². The highest BCUT2D eigenvalue weighted by atomic mass is 16.2. The highest BCUT2D eigenvalue weighted by Gasteiger charge is 2.49. The molecule has 2 aromatic carbocycles. The Kier molecular flexibility index (Phi) is 3.00. The first-order valence-corrected chi connectivity index (χ1v) is 7.55. The number of para-hydroxylation sites is 1. The summed E-state index contributed by atoms with van der Waals surface area (Å²) in [5.41, 5.74) is 2.19. The number of hydrogen-bond acceptors (Lipinski definition) is 2. The first-order valence-electron chi connectivity index (χ1n) is 7.55. The largest absolute Gasteiger partial charge is 0.291 e. The van der Waals surface area contributed by atoms with Crippen molar-refractivity contribution < 1.29 is 4.79 Å². The number of fused-ring (bicyclic) bond motifs is 1. The van der Waals surface area contributed by atoms with Gasteiger partial charge < -0.3 is 0 Å². The summed E-state index contributed by atoms with van der Waals surface area (Å²) in [6.45, 7) is 0.999. The Bertz CT molecular complexity index is 641. The lowest BCUT2D eigenvalue weighted by molar-refractivity contribution is -0.119. The third kappa shape index (κ3) is 1.96. The molecule has 0 aromatic heterocycles. The van der Waals surface area contributed by atoms with Crippen molar-refractivity contribution in [3.63, 3.8) is 0 Å². The molecule has 3 heteroatoms. The Morgan fingerprint density at radius 3 is 2.29 bits per heavy atom. The zero-order valence-electron chi connectivity index (χ0n) is 11.9. The van der Waals surface area contributed by atoms with E-state index in [1.54, 1.807) is 0 Å². The zero-order valence-corrected chi connectivity index (χ0v) is 11.9. The second-order valence-electron chi connectivity index (χ2n) is 5.72. The summed E-state index contributed by atoms with van der Waals surface area (Å²) in [6.07, 6.45) is 2.13. The van der Waals surface area contributed by atoms with Crippen LogP contribution in [-0.2, 0) is 4.79 Å². The number of carbonyl (C=O) groups excluding carboxylic acids is 1. The second-order valence-corrected chi connectivity index (χ2v) is 5.72. The van der Waals surface area contributed by atoms with Gasteiger partial charge in [-0.25, -0.2) is 0 Å². The van der Waals surface area contributed by atoms with Crippen LogP contribution in [0.3, 0.4) is 0 Å². The van der Waals surface area contributed by atoms with Gasteiger partial charge in [-0.05, 0) is 30.5 Å². The van der Waals surface area contributed by atoms with Crippen LogP contribution in [0, 0.1) is 0 Å². The van der Waals surface area contributed by atoms with Gasteiger partial charge >= 0.3 is 0 Å².